The maximum Gasteiger partial charge on any atom is 0.270 e. The summed E-state index contributed by atoms with van der Waals surface area (Å²) in [6, 6.07) is 8.67. The number of nitro groups is 1. The molecule has 0 atom stereocenters. The Kier molecular flexibility index (Phi) is 4.18. The van der Waals surface area contributed by atoms with E-state index in [0.29, 0.717) is 36.2 Å². The summed E-state index contributed by atoms with van der Waals surface area (Å²) in [5.41, 5.74) is 0.718. The summed E-state index contributed by atoms with van der Waals surface area (Å²) >= 11 is 0. The number of benzene rings is 2. The van der Waals surface area contributed by atoms with Crippen LogP contribution in [0.15, 0.2) is 59.9 Å². The highest BCUT2D eigenvalue weighted by Crippen LogP contribution is 2.43. The zero-order chi connectivity index (χ0) is 21.7. The highest BCUT2D eigenvalue weighted by Gasteiger charge is 2.35. The number of rotatable bonds is 5. The molecular formula is C22H16N4O5. The van der Waals surface area contributed by atoms with E-state index in [-0.39, 0.29) is 28.0 Å². The Hall–Kier alpha value is -4.27. The van der Waals surface area contributed by atoms with Gasteiger partial charge in [-0.25, -0.2) is 4.98 Å². The van der Waals surface area contributed by atoms with Crippen LogP contribution in [0.2, 0.25) is 0 Å². The lowest BCUT2D eigenvalue weighted by atomic mass is 10.0. The van der Waals surface area contributed by atoms with Crippen molar-refractivity contribution in [3.8, 4) is 17.0 Å². The second kappa shape index (κ2) is 6.91. The van der Waals surface area contributed by atoms with Gasteiger partial charge in [0, 0.05) is 48.6 Å². The molecule has 9 heteroatoms. The number of carbonyl (C=O) groups excluding carboxylic acids is 1. The van der Waals surface area contributed by atoms with Crippen LogP contribution in [0.4, 0.5) is 5.69 Å². The molecule has 1 aliphatic rings. The summed E-state index contributed by atoms with van der Waals surface area (Å²) in [5.74, 6) is -0.559. The minimum atomic E-state index is -0.572. The zero-order valence-corrected chi connectivity index (χ0v) is 16.2. The van der Waals surface area contributed by atoms with Crippen LogP contribution in [0.25, 0.3) is 22.0 Å². The van der Waals surface area contributed by atoms with Crippen molar-refractivity contribution < 1.29 is 14.8 Å². The Balaban J connectivity index is 1.75. The number of non-ortho nitro benzene ring substituents is 1. The van der Waals surface area contributed by atoms with E-state index in [0.717, 1.165) is 0 Å². The molecule has 0 spiro atoms. The summed E-state index contributed by atoms with van der Waals surface area (Å²) < 4.78 is 3.36. The standard InChI is InChI=1S/C22H16N4O5/c27-17-4-1-3-15-18(17)21(28)19-14-6-5-13(26(30)31)11-16(14)22(29)25(20(15)19)9-2-8-24-10-7-23-12-24/h1,3-7,10-12,27H,2,8-9H2. The maximum atomic E-state index is 13.4. The van der Waals surface area contributed by atoms with E-state index in [4.69, 9.17) is 0 Å². The molecular weight excluding hydrogens is 400 g/mol. The van der Waals surface area contributed by atoms with Crippen molar-refractivity contribution in [2.45, 2.75) is 19.5 Å². The molecule has 0 amide bonds. The van der Waals surface area contributed by atoms with Crippen LogP contribution in [0, 0.1) is 10.1 Å². The van der Waals surface area contributed by atoms with Crippen molar-refractivity contribution >= 4 is 22.2 Å². The van der Waals surface area contributed by atoms with Crippen LogP contribution in [-0.2, 0) is 13.1 Å². The maximum absolute atomic E-state index is 13.4. The molecule has 4 aromatic rings. The fraction of sp³-hybridized carbons (Fsp3) is 0.136. The Morgan fingerprint density at radius 3 is 2.65 bits per heavy atom. The van der Waals surface area contributed by atoms with Gasteiger partial charge >= 0.3 is 0 Å². The summed E-state index contributed by atoms with van der Waals surface area (Å²) in [7, 11) is 0. The molecule has 0 fully saturated rings. The number of ketones is 1. The van der Waals surface area contributed by atoms with E-state index < -0.39 is 16.3 Å². The third kappa shape index (κ3) is 2.82. The van der Waals surface area contributed by atoms with Crippen LogP contribution < -0.4 is 5.56 Å². The second-order valence-electron chi connectivity index (χ2n) is 7.35. The lowest BCUT2D eigenvalue weighted by Crippen LogP contribution is -2.24. The van der Waals surface area contributed by atoms with Gasteiger partial charge in [0.1, 0.15) is 5.75 Å². The van der Waals surface area contributed by atoms with Gasteiger partial charge < -0.3 is 14.2 Å². The lowest BCUT2D eigenvalue weighted by molar-refractivity contribution is -0.384. The number of nitrogens with zero attached hydrogens (tertiary/aromatic N) is 4. The summed E-state index contributed by atoms with van der Waals surface area (Å²) in [6.45, 7) is 0.898. The molecule has 2 aromatic carbocycles. The normalized spacial score (nSPS) is 12.2. The first kappa shape index (κ1) is 18.7. The molecule has 2 heterocycles. The number of nitro benzene ring substituents is 1. The summed E-state index contributed by atoms with van der Waals surface area (Å²) in [6.07, 6.45) is 5.73. The zero-order valence-electron chi connectivity index (χ0n) is 16.2. The Labute approximate surface area is 175 Å². The fourth-order valence-electron chi connectivity index (χ4n) is 4.20. The first-order chi connectivity index (χ1) is 15.0. The van der Waals surface area contributed by atoms with E-state index in [1.165, 1.54) is 28.8 Å². The quantitative estimate of drug-likeness (QED) is 0.347. The van der Waals surface area contributed by atoms with Crippen molar-refractivity contribution in [2.24, 2.45) is 0 Å². The molecule has 5 rings (SSSR count). The largest absolute Gasteiger partial charge is 0.507 e. The van der Waals surface area contributed by atoms with Gasteiger partial charge in [0.05, 0.1) is 33.5 Å². The molecule has 0 unspecified atom stereocenters. The predicted octanol–water partition coefficient (Wildman–Crippen LogP) is 3.11. The van der Waals surface area contributed by atoms with Gasteiger partial charge in [-0.3, -0.25) is 19.7 Å². The summed E-state index contributed by atoms with van der Waals surface area (Å²) in [4.78, 5) is 41.3. The number of imidazole rings is 1. The smallest absolute Gasteiger partial charge is 0.270 e. The molecule has 154 valence electrons. The number of phenolic OH excluding ortho intramolecular Hbond substituents is 1. The molecule has 9 nitrogen and oxygen atoms in total. The first-order valence-corrected chi connectivity index (χ1v) is 9.65. The average molecular weight is 416 g/mol. The van der Waals surface area contributed by atoms with Crippen molar-refractivity contribution in [3.05, 3.63) is 86.7 Å². The Morgan fingerprint density at radius 2 is 1.90 bits per heavy atom. The Morgan fingerprint density at radius 1 is 1.06 bits per heavy atom. The van der Waals surface area contributed by atoms with Crippen LogP contribution in [0.1, 0.15) is 22.3 Å². The second-order valence-corrected chi connectivity index (χ2v) is 7.35. The lowest BCUT2D eigenvalue weighted by Gasteiger charge is -2.15. The number of aromatic hydroxyl groups is 1. The number of aryl methyl sites for hydroxylation is 1. The molecule has 0 saturated carbocycles. The van der Waals surface area contributed by atoms with Crippen molar-refractivity contribution in [2.75, 3.05) is 0 Å². The van der Waals surface area contributed by atoms with E-state index >= 15 is 0 Å². The average Bonchev–Trinajstić information content (AvgIpc) is 3.37. The summed E-state index contributed by atoms with van der Waals surface area (Å²) in [5, 5.41) is 22.0. The van der Waals surface area contributed by atoms with Gasteiger partial charge in [-0.05, 0) is 18.6 Å². The number of phenols is 1. The van der Waals surface area contributed by atoms with Gasteiger partial charge in [0.2, 0.25) is 0 Å². The van der Waals surface area contributed by atoms with Gasteiger partial charge in [-0.15, -0.1) is 0 Å². The Bertz CT molecular complexity index is 1440. The highest BCUT2D eigenvalue weighted by molar-refractivity contribution is 6.27. The number of hydrogen-bond donors (Lipinski definition) is 1. The molecule has 0 saturated heterocycles. The third-order valence-corrected chi connectivity index (χ3v) is 5.57. The molecule has 1 N–H and O–H groups in total. The van der Waals surface area contributed by atoms with Crippen LogP contribution in [0.3, 0.4) is 0 Å². The molecule has 31 heavy (non-hydrogen) atoms. The van der Waals surface area contributed by atoms with E-state index in [1.807, 2.05) is 10.8 Å². The monoisotopic (exact) mass is 416 g/mol. The van der Waals surface area contributed by atoms with Crippen molar-refractivity contribution in [3.63, 3.8) is 0 Å². The number of carbonyl (C=O) groups is 1. The molecule has 0 bridgehead atoms. The van der Waals surface area contributed by atoms with Crippen LogP contribution in [-0.4, -0.2) is 29.9 Å². The van der Waals surface area contributed by atoms with Crippen LogP contribution in [0.5, 0.6) is 5.75 Å². The minimum Gasteiger partial charge on any atom is -0.507 e. The van der Waals surface area contributed by atoms with E-state index in [9.17, 15) is 24.8 Å². The number of fused-ring (bicyclic) bond motifs is 5. The predicted molar refractivity (Wildman–Crippen MR) is 112 cm³/mol. The third-order valence-electron chi connectivity index (χ3n) is 5.57. The molecule has 0 aliphatic heterocycles. The van der Waals surface area contributed by atoms with E-state index in [1.54, 1.807) is 24.7 Å². The highest BCUT2D eigenvalue weighted by atomic mass is 16.6. The first-order valence-electron chi connectivity index (χ1n) is 9.65. The fourth-order valence-corrected chi connectivity index (χ4v) is 4.20. The number of hydrogen-bond acceptors (Lipinski definition) is 6. The van der Waals surface area contributed by atoms with E-state index in [2.05, 4.69) is 4.98 Å². The van der Waals surface area contributed by atoms with Gasteiger partial charge in [-0.1, -0.05) is 12.1 Å². The SMILES string of the molecule is O=C1c2c(O)cccc2-c2c1c1ccc([N+](=O)[O-])cc1c(=O)n2CCCn1ccnc1. The van der Waals surface area contributed by atoms with Gasteiger partial charge in [0.15, 0.2) is 5.78 Å². The van der Waals surface area contributed by atoms with Gasteiger partial charge in [-0.2, -0.15) is 0 Å². The minimum absolute atomic E-state index is 0.108. The van der Waals surface area contributed by atoms with Crippen molar-refractivity contribution in [1.82, 2.24) is 14.1 Å². The number of pyridine rings is 1. The molecule has 0 radical (unpaired) electrons. The number of aromatic nitrogens is 3. The van der Waals surface area contributed by atoms with Crippen LogP contribution >= 0.6 is 0 Å². The molecule has 2 aromatic heterocycles. The molecule has 1 aliphatic carbocycles. The van der Waals surface area contributed by atoms with Gasteiger partial charge in [0.25, 0.3) is 11.2 Å². The topological polar surface area (TPSA) is 120 Å². The van der Waals surface area contributed by atoms with Crippen molar-refractivity contribution in [1.29, 1.82) is 0 Å².